The SMILES string of the molecule is COC(CCS[C@](C)(/C=C1/C=CCCC1)C(=O)N1C(=O)OC[C@H]1Cc1ccccc1)OC. The summed E-state index contributed by atoms with van der Waals surface area (Å²) in [6, 6.07) is 9.56. The van der Waals surface area contributed by atoms with Crippen molar-refractivity contribution in [3.8, 4) is 0 Å². The minimum atomic E-state index is -0.901. The molecule has 2 aliphatic rings. The van der Waals surface area contributed by atoms with Crippen LogP contribution in [0.3, 0.4) is 0 Å². The molecule has 0 saturated carbocycles. The Kier molecular flexibility index (Phi) is 8.96. The number of methoxy groups -OCH3 is 2. The number of nitrogens with zero attached hydrogens (tertiary/aromatic N) is 1. The van der Waals surface area contributed by atoms with E-state index >= 15 is 0 Å². The summed E-state index contributed by atoms with van der Waals surface area (Å²) in [4.78, 5) is 27.8. The Morgan fingerprint density at radius 1 is 1.31 bits per heavy atom. The number of imide groups is 1. The number of rotatable bonds is 10. The van der Waals surface area contributed by atoms with Crippen LogP contribution in [0.15, 0.2) is 54.1 Å². The van der Waals surface area contributed by atoms with E-state index in [9.17, 15) is 9.59 Å². The van der Waals surface area contributed by atoms with Crippen LogP contribution in [0.5, 0.6) is 0 Å². The van der Waals surface area contributed by atoms with Crippen LogP contribution in [0.1, 0.15) is 38.2 Å². The Morgan fingerprint density at radius 2 is 2.06 bits per heavy atom. The van der Waals surface area contributed by atoms with E-state index in [1.165, 1.54) is 16.7 Å². The molecule has 0 unspecified atom stereocenters. The summed E-state index contributed by atoms with van der Waals surface area (Å²) in [7, 11) is 3.21. The molecule has 1 aromatic carbocycles. The summed E-state index contributed by atoms with van der Waals surface area (Å²) in [5.74, 6) is 0.415. The van der Waals surface area contributed by atoms with E-state index in [1.807, 2.05) is 43.3 Å². The minimum Gasteiger partial charge on any atom is -0.447 e. The Labute approximate surface area is 195 Å². The van der Waals surface area contributed by atoms with Gasteiger partial charge in [0.1, 0.15) is 11.4 Å². The van der Waals surface area contributed by atoms with Crippen molar-refractivity contribution in [2.75, 3.05) is 26.6 Å². The van der Waals surface area contributed by atoms with Gasteiger partial charge in [0.05, 0.1) is 6.04 Å². The van der Waals surface area contributed by atoms with Gasteiger partial charge in [0, 0.05) is 20.6 Å². The van der Waals surface area contributed by atoms with Crippen molar-refractivity contribution in [3.05, 3.63) is 59.7 Å². The molecule has 0 radical (unpaired) electrons. The molecule has 0 bridgehead atoms. The number of hydrogen-bond donors (Lipinski definition) is 0. The molecule has 0 spiro atoms. The normalized spacial score (nSPS) is 21.8. The molecule has 3 rings (SSSR count). The van der Waals surface area contributed by atoms with Crippen molar-refractivity contribution in [1.82, 2.24) is 4.90 Å². The van der Waals surface area contributed by atoms with Gasteiger partial charge in [0.15, 0.2) is 6.29 Å². The Hall–Kier alpha value is -2.09. The zero-order valence-corrected chi connectivity index (χ0v) is 19.9. The van der Waals surface area contributed by atoms with E-state index in [0.29, 0.717) is 18.6 Å². The topological polar surface area (TPSA) is 65.1 Å². The molecule has 0 N–H and O–H groups in total. The van der Waals surface area contributed by atoms with Crippen molar-refractivity contribution in [1.29, 1.82) is 0 Å². The van der Waals surface area contributed by atoms with Crippen molar-refractivity contribution < 1.29 is 23.8 Å². The van der Waals surface area contributed by atoms with Gasteiger partial charge in [0.2, 0.25) is 0 Å². The van der Waals surface area contributed by atoms with E-state index < -0.39 is 10.8 Å². The van der Waals surface area contributed by atoms with Gasteiger partial charge in [-0.25, -0.2) is 9.69 Å². The molecule has 2 atom stereocenters. The quantitative estimate of drug-likeness (QED) is 0.471. The number of cyclic esters (lactones) is 1. The first-order valence-electron chi connectivity index (χ1n) is 11.1. The van der Waals surface area contributed by atoms with Crippen LogP contribution >= 0.6 is 11.8 Å². The van der Waals surface area contributed by atoms with Crippen LogP contribution < -0.4 is 0 Å². The van der Waals surface area contributed by atoms with Gasteiger partial charge in [-0.05, 0) is 43.9 Å². The van der Waals surface area contributed by atoms with Crippen LogP contribution in [0, 0.1) is 0 Å². The second-order valence-corrected chi connectivity index (χ2v) is 9.80. The molecule has 1 aromatic rings. The summed E-state index contributed by atoms with van der Waals surface area (Å²) in [5, 5.41) is 0. The molecule has 174 valence electrons. The fraction of sp³-hybridized carbons (Fsp3) is 0.520. The minimum absolute atomic E-state index is 0.214. The molecular weight excluding hydrogens is 426 g/mol. The molecule has 1 heterocycles. The van der Waals surface area contributed by atoms with E-state index in [0.717, 1.165) is 30.4 Å². The number of carbonyl (C=O) groups is 2. The third-order valence-electron chi connectivity index (χ3n) is 5.83. The highest BCUT2D eigenvalue weighted by molar-refractivity contribution is 8.01. The van der Waals surface area contributed by atoms with Crippen molar-refractivity contribution in [3.63, 3.8) is 0 Å². The largest absolute Gasteiger partial charge is 0.447 e. The van der Waals surface area contributed by atoms with E-state index in [2.05, 4.69) is 12.2 Å². The maximum Gasteiger partial charge on any atom is 0.417 e. The second kappa shape index (κ2) is 11.7. The third-order valence-corrected chi connectivity index (χ3v) is 7.16. The number of amides is 2. The molecule has 1 saturated heterocycles. The lowest BCUT2D eigenvalue weighted by Gasteiger charge is -2.31. The second-order valence-electron chi connectivity index (χ2n) is 8.25. The maximum atomic E-state index is 13.8. The number of thioether (sulfide) groups is 1. The highest BCUT2D eigenvalue weighted by Crippen LogP contribution is 2.35. The summed E-state index contributed by atoms with van der Waals surface area (Å²) < 4.78 is 15.0. The molecule has 1 aliphatic carbocycles. The zero-order chi connectivity index (χ0) is 23.0. The summed E-state index contributed by atoms with van der Waals surface area (Å²) in [6.07, 6.45) is 9.62. The van der Waals surface area contributed by atoms with Gasteiger partial charge >= 0.3 is 6.09 Å². The smallest absolute Gasteiger partial charge is 0.417 e. The lowest BCUT2D eigenvalue weighted by atomic mass is 9.96. The molecule has 1 aliphatic heterocycles. The number of carbonyl (C=O) groups excluding carboxylic acids is 2. The molecule has 1 fully saturated rings. The Bertz CT molecular complexity index is 836. The Balaban J connectivity index is 1.82. The number of hydrogen-bond acceptors (Lipinski definition) is 6. The van der Waals surface area contributed by atoms with Crippen LogP contribution in [0.4, 0.5) is 4.79 Å². The van der Waals surface area contributed by atoms with Gasteiger partial charge in [-0.1, -0.05) is 54.1 Å². The van der Waals surface area contributed by atoms with Gasteiger partial charge in [-0.2, -0.15) is 0 Å². The first kappa shape index (κ1) is 24.6. The molecular formula is C25H33NO5S. The lowest BCUT2D eigenvalue weighted by molar-refractivity contribution is -0.130. The fourth-order valence-electron chi connectivity index (χ4n) is 4.07. The number of allylic oxidation sites excluding steroid dienone is 3. The third kappa shape index (κ3) is 6.24. The zero-order valence-electron chi connectivity index (χ0n) is 19.1. The van der Waals surface area contributed by atoms with Crippen molar-refractivity contribution in [2.45, 2.75) is 56.1 Å². The van der Waals surface area contributed by atoms with Crippen LogP contribution in [0.25, 0.3) is 0 Å². The average molecular weight is 460 g/mol. The van der Waals surface area contributed by atoms with Crippen molar-refractivity contribution >= 4 is 23.8 Å². The van der Waals surface area contributed by atoms with Gasteiger partial charge in [-0.3, -0.25) is 4.79 Å². The number of benzene rings is 1. The van der Waals surface area contributed by atoms with E-state index in [-0.39, 0.29) is 24.8 Å². The average Bonchev–Trinajstić information content (AvgIpc) is 3.17. The van der Waals surface area contributed by atoms with Gasteiger partial charge < -0.3 is 14.2 Å². The molecule has 0 aromatic heterocycles. The van der Waals surface area contributed by atoms with Crippen LogP contribution in [-0.4, -0.2) is 60.6 Å². The molecule has 32 heavy (non-hydrogen) atoms. The predicted molar refractivity (Wildman–Crippen MR) is 126 cm³/mol. The van der Waals surface area contributed by atoms with Crippen molar-refractivity contribution in [2.24, 2.45) is 0 Å². The highest BCUT2D eigenvalue weighted by Gasteiger charge is 2.45. The monoisotopic (exact) mass is 459 g/mol. The van der Waals surface area contributed by atoms with Gasteiger partial charge in [0.25, 0.3) is 5.91 Å². The maximum absolute atomic E-state index is 13.8. The first-order valence-corrected chi connectivity index (χ1v) is 12.1. The Morgan fingerprint density at radius 3 is 2.72 bits per heavy atom. The lowest BCUT2D eigenvalue weighted by Crippen LogP contribution is -2.49. The highest BCUT2D eigenvalue weighted by atomic mass is 32.2. The summed E-state index contributed by atoms with van der Waals surface area (Å²) in [5.41, 5.74) is 2.20. The summed E-state index contributed by atoms with van der Waals surface area (Å²) in [6.45, 7) is 2.11. The molecule has 2 amide bonds. The van der Waals surface area contributed by atoms with E-state index in [1.54, 1.807) is 14.2 Å². The number of ether oxygens (including phenoxy) is 3. The summed E-state index contributed by atoms with van der Waals surface area (Å²) >= 11 is 1.51. The molecule has 7 heteroatoms. The van der Waals surface area contributed by atoms with E-state index in [4.69, 9.17) is 14.2 Å². The van der Waals surface area contributed by atoms with Crippen LogP contribution in [0.2, 0.25) is 0 Å². The first-order chi connectivity index (χ1) is 15.5. The standard InChI is InChI=1S/C25H33NO5S/c1-25(17-20-12-8-5-9-13-20,32-15-14-22(29-2)30-3)23(27)26-21(18-31-24(26)28)16-19-10-6-4-7-11-19/h4,6-8,10-12,17,21-22H,5,9,13-16,18H2,1-3H3/b20-17-/t21-,25-/m1/s1. The predicted octanol–water partition coefficient (Wildman–Crippen LogP) is 4.74. The van der Waals surface area contributed by atoms with Gasteiger partial charge in [-0.15, -0.1) is 11.8 Å². The fourth-order valence-corrected chi connectivity index (χ4v) is 5.26. The van der Waals surface area contributed by atoms with Crippen LogP contribution in [-0.2, 0) is 25.4 Å². The molecule has 6 nitrogen and oxygen atoms in total.